The number of amides is 1. The molecule has 1 atom stereocenters. The fourth-order valence-corrected chi connectivity index (χ4v) is 7.38. The first-order valence-electron chi connectivity index (χ1n) is 17.2. The number of nitrogens with one attached hydrogen (secondary N) is 1. The number of aromatic nitrogens is 4. The fourth-order valence-electron chi connectivity index (χ4n) is 7.38. The lowest BCUT2D eigenvalue weighted by Crippen LogP contribution is -2.62. The lowest BCUT2D eigenvalue weighted by atomic mass is 9.81. The summed E-state index contributed by atoms with van der Waals surface area (Å²) < 4.78 is 6.58. The van der Waals surface area contributed by atoms with Crippen molar-refractivity contribution in [3.8, 4) is 22.5 Å². The average molecular weight is 649 g/mol. The van der Waals surface area contributed by atoms with E-state index in [1.807, 2.05) is 61.5 Å². The predicted molar refractivity (Wildman–Crippen MR) is 183 cm³/mol. The summed E-state index contributed by atoms with van der Waals surface area (Å²) in [4.78, 5) is 41.8. The van der Waals surface area contributed by atoms with Crippen molar-refractivity contribution in [2.75, 3.05) is 13.7 Å². The highest BCUT2D eigenvalue weighted by atomic mass is 16.5. The van der Waals surface area contributed by atoms with Crippen LogP contribution in [0.4, 0.5) is 0 Å². The number of esters is 1. The maximum Gasteiger partial charge on any atom is 0.347 e. The van der Waals surface area contributed by atoms with Gasteiger partial charge in [0.15, 0.2) is 11.5 Å². The molecule has 4 aromatic rings. The Morgan fingerprint density at radius 3 is 2.38 bits per heavy atom. The van der Waals surface area contributed by atoms with E-state index in [4.69, 9.17) is 4.74 Å². The summed E-state index contributed by atoms with van der Waals surface area (Å²) in [6.07, 6.45) is 8.53. The third-order valence-corrected chi connectivity index (χ3v) is 9.83. The Kier molecular flexibility index (Phi) is 10.4. The van der Waals surface area contributed by atoms with Gasteiger partial charge in [0.05, 0.1) is 13.5 Å². The van der Waals surface area contributed by atoms with E-state index in [0.29, 0.717) is 50.5 Å². The zero-order chi connectivity index (χ0) is 33.5. The van der Waals surface area contributed by atoms with Crippen molar-refractivity contribution in [1.29, 1.82) is 0 Å². The van der Waals surface area contributed by atoms with Crippen LogP contribution in [0, 0.1) is 0 Å². The van der Waals surface area contributed by atoms with E-state index in [-0.39, 0.29) is 18.2 Å². The molecule has 1 amide bonds. The number of benzene rings is 3. The summed E-state index contributed by atoms with van der Waals surface area (Å²) in [7, 11) is 1.38. The van der Waals surface area contributed by atoms with Gasteiger partial charge in [0.2, 0.25) is 11.8 Å². The van der Waals surface area contributed by atoms with E-state index in [1.54, 1.807) is 4.90 Å². The van der Waals surface area contributed by atoms with E-state index in [2.05, 4.69) is 39.0 Å². The lowest BCUT2D eigenvalue weighted by Gasteiger charge is -2.37. The van der Waals surface area contributed by atoms with Crippen LogP contribution in [-0.4, -0.2) is 62.2 Å². The Labute approximate surface area is 281 Å². The first-order chi connectivity index (χ1) is 23.4. The van der Waals surface area contributed by atoms with Crippen LogP contribution in [0.25, 0.3) is 22.5 Å². The fraction of sp³-hybridized carbons (Fsp3) is 0.421. The number of methoxy groups -OCH3 is 1. The van der Waals surface area contributed by atoms with Crippen molar-refractivity contribution in [2.45, 2.75) is 89.3 Å². The molecule has 6 rings (SSSR count). The number of tetrazole rings is 1. The summed E-state index contributed by atoms with van der Waals surface area (Å²) in [5.74, 6) is 0.219. The summed E-state index contributed by atoms with van der Waals surface area (Å²) in [6.45, 7) is 2.80. The zero-order valence-electron chi connectivity index (χ0n) is 27.9. The van der Waals surface area contributed by atoms with Crippen molar-refractivity contribution < 1.29 is 19.1 Å². The van der Waals surface area contributed by atoms with Crippen molar-refractivity contribution in [1.82, 2.24) is 30.4 Å². The number of hydrogen-bond acceptors (Lipinski definition) is 8. The number of nitrogens with zero attached hydrogens (tertiary/aromatic N) is 5. The van der Waals surface area contributed by atoms with Gasteiger partial charge in [-0.3, -0.25) is 14.9 Å². The SMILES string of the molecule is CCCC(=O)n1nnnc1-c1ccccc1-c1ccc(CNC2(C(=O)OC)CCCN2C(=O)Cc2ccccc2C2CCCCC2)cc1. The van der Waals surface area contributed by atoms with Crippen LogP contribution in [0.3, 0.4) is 0 Å². The van der Waals surface area contributed by atoms with Gasteiger partial charge in [-0.25, -0.2) is 4.79 Å². The lowest BCUT2D eigenvalue weighted by molar-refractivity contribution is -0.162. The Morgan fingerprint density at radius 1 is 0.896 bits per heavy atom. The summed E-state index contributed by atoms with van der Waals surface area (Å²) in [5.41, 5.74) is 4.62. The van der Waals surface area contributed by atoms with Gasteiger partial charge in [0.25, 0.3) is 0 Å². The number of likely N-dealkylation sites (tertiary alicyclic amines) is 1. The molecule has 2 aliphatic rings. The third-order valence-electron chi connectivity index (χ3n) is 9.83. The van der Waals surface area contributed by atoms with Gasteiger partial charge < -0.3 is 9.64 Å². The van der Waals surface area contributed by atoms with E-state index in [0.717, 1.165) is 40.7 Å². The summed E-state index contributed by atoms with van der Waals surface area (Å²) in [6, 6.07) is 24.0. The molecule has 3 aromatic carbocycles. The van der Waals surface area contributed by atoms with Gasteiger partial charge >= 0.3 is 5.97 Å². The molecule has 1 saturated carbocycles. The molecular weight excluding hydrogens is 604 g/mol. The normalized spacial score (nSPS) is 18.2. The van der Waals surface area contributed by atoms with E-state index in [1.165, 1.54) is 36.6 Å². The molecular formula is C38H44N6O4. The minimum Gasteiger partial charge on any atom is -0.466 e. The zero-order valence-corrected chi connectivity index (χ0v) is 27.9. The molecule has 1 aliphatic heterocycles. The van der Waals surface area contributed by atoms with Gasteiger partial charge in [-0.05, 0) is 76.3 Å². The second-order valence-corrected chi connectivity index (χ2v) is 12.9. The largest absolute Gasteiger partial charge is 0.466 e. The molecule has 1 aliphatic carbocycles. The Morgan fingerprint density at radius 2 is 1.62 bits per heavy atom. The molecule has 1 unspecified atom stereocenters. The topological polar surface area (TPSA) is 119 Å². The minimum absolute atomic E-state index is 0.0691. The van der Waals surface area contributed by atoms with E-state index >= 15 is 0 Å². The van der Waals surface area contributed by atoms with Crippen molar-refractivity contribution >= 4 is 17.8 Å². The Hall–Kier alpha value is -4.70. The summed E-state index contributed by atoms with van der Waals surface area (Å²) >= 11 is 0. The summed E-state index contributed by atoms with van der Waals surface area (Å²) in [5, 5.41) is 15.3. The third kappa shape index (κ3) is 6.80. The highest BCUT2D eigenvalue weighted by molar-refractivity contribution is 5.90. The van der Waals surface area contributed by atoms with E-state index < -0.39 is 11.6 Å². The molecule has 250 valence electrons. The smallest absolute Gasteiger partial charge is 0.347 e. The van der Waals surface area contributed by atoms with Crippen molar-refractivity contribution in [3.05, 3.63) is 89.5 Å². The van der Waals surface area contributed by atoms with Crippen LogP contribution in [0.1, 0.15) is 92.1 Å². The van der Waals surface area contributed by atoms with Crippen LogP contribution in [-0.2, 0) is 27.3 Å². The van der Waals surface area contributed by atoms with Gasteiger partial charge in [0.1, 0.15) is 0 Å². The maximum atomic E-state index is 14.0. The average Bonchev–Trinajstić information content (AvgIpc) is 3.80. The van der Waals surface area contributed by atoms with Crippen LogP contribution >= 0.6 is 0 Å². The van der Waals surface area contributed by atoms with Gasteiger partial charge in [-0.15, -0.1) is 5.10 Å². The second kappa shape index (κ2) is 15.0. The Bertz CT molecular complexity index is 1750. The molecule has 1 aromatic heterocycles. The molecule has 2 heterocycles. The highest BCUT2D eigenvalue weighted by Crippen LogP contribution is 2.36. The maximum absolute atomic E-state index is 14.0. The Balaban J connectivity index is 1.20. The first-order valence-corrected chi connectivity index (χ1v) is 17.2. The molecule has 0 spiro atoms. The molecule has 1 N–H and O–H groups in total. The molecule has 10 nitrogen and oxygen atoms in total. The number of rotatable bonds is 11. The highest BCUT2D eigenvalue weighted by Gasteiger charge is 2.50. The minimum atomic E-state index is -1.24. The molecule has 0 radical (unpaired) electrons. The molecule has 2 fully saturated rings. The van der Waals surface area contributed by atoms with Crippen molar-refractivity contribution in [3.63, 3.8) is 0 Å². The van der Waals surface area contributed by atoms with Crippen LogP contribution in [0.2, 0.25) is 0 Å². The van der Waals surface area contributed by atoms with Crippen LogP contribution in [0.15, 0.2) is 72.8 Å². The van der Waals surface area contributed by atoms with Gasteiger partial charge in [-0.1, -0.05) is 99.0 Å². The first kappa shape index (κ1) is 33.2. The van der Waals surface area contributed by atoms with Gasteiger partial charge in [-0.2, -0.15) is 4.68 Å². The number of carbonyl (C=O) groups excluding carboxylic acids is 3. The van der Waals surface area contributed by atoms with Gasteiger partial charge in [0, 0.05) is 25.1 Å². The molecule has 48 heavy (non-hydrogen) atoms. The predicted octanol–water partition coefficient (Wildman–Crippen LogP) is 6.32. The number of carbonyl (C=O) groups is 3. The number of hydrogen-bond donors (Lipinski definition) is 1. The number of ether oxygens (including phenoxy) is 1. The second-order valence-electron chi connectivity index (χ2n) is 12.9. The molecule has 1 saturated heterocycles. The van der Waals surface area contributed by atoms with Crippen LogP contribution < -0.4 is 5.32 Å². The van der Waals surface area contributed by atoms with Crippen molar-refractivity contribution in [2.24, 2.45) is 0 Å². The monoisotopic (exact) mass is 648 g/mol. The van der Waals surface area contributed by atoms with Crippen LogP contribution in [0.5, 0.6) is 0 Å². The standard InChI is InChI=1S/C38H44N6O4/c1-3-12-34(45)44-36(40-41-42-44)33-18-10-9-17-32(33)29-21-19-27(20-22-29)26-39-38(37(47)48-2)23-11-24-43(38)35(46)25-30-15-7-8-16-31(30)28-13-5-4-6-14-28/h7-10,15-22,28,39H,3-6,11-14,23-26H2,1-2H3. The molecule has 10 heteroatoms. The quantitative estimate of drug-likeness (QED) is 0.148. The van der Waals surface area contributed by atoms with E-state index in [9.17, 15) is 14.4 Å². The molecule has 0 bridgehead atoms.